The third-order valence-corrected chi connectivity index (χ3v) is 18.8. The molecule has 2 aliphatic rings. The summed E-state index contributed by atoms with van der Waals surface area (Å²) in [4.78, 5) is 8.13. The molecule has 0 saturated carbocycles. The Balaban J connectivity index is 1.57. The molecule has 1 aliphatic heterocycles. The molecule has 4 aromatic rings. The molecule has 6 rings (SSSR count). The minimum Gasteiger partial charge on any atom is -0.481 e. The fraction of sp³-hybridized carbons (Fsp3) is 0.179. The van der Waals surface area contributed by atoms with E-state index in [2.05, 4.69) is 0 Å². The van der Waals surface area contributed by atoms with E-state index in [4.69, 9.17) is 5.11 Å². The van der Waals surface area contributed by atoms with Crippen LogP contribution in [0.4, 0.5) is 23.2 Å². The molecule has 0 atom stereocenters. The maximum Gasteiger partial charge on any atom is 0.313 e. The van der Waals surface area contributed by atoms with Gasteiger partial charge in [-0.15, -0.1) is 11.8 Å². The van der Waals surface area contributed by atoms with Crippen molar-refractivity contribution in [1.82, 2.24) is 0 Å². The zero-order valence-electron chi connectivity index (χ0n) is 33.9. The topological polar surface area (TPSA) is 261 Å². The summed E-state index contributed by atoms with van der Waals surface area (Å²) < 4.78 is 201. The summed E-state index contributed by atoms with van der Waals surface area (Å²) in [5, 5.41) is 9.89. The number of thioether (sulfide) groups is 1. The molecule has 0 fully saturated rings. The zero-order chi connectivity index (χ0) is 48.5. The largest absolute Gasteiger partial charge is 0.481 e. The summed E-state index contributed by atoms with van der Waals surface area (Å²) in [5.74, 6) is -9.87. The Morgan fingerprint density at radius 1 is 0.723 bits per heavy atom. The van der Waals surface area contributed by atoms with Crippen molar-refractivity contribution < 1.29 is 83.9 Å². The first-order valence-corrected chi connectivity index (χ1v) is 28.0. The van der Waals surface area contributed by atoms with E-state index in [0.717, 1.165) is 24.3 Å². The van der Waals surface area contributed by atoms with Crippen LogP contribution in [0, 0.1) is 23.3 Å². The highest BCUT2D eigenvalue weighted by Gasteiger charge is 2.43. The van der Waals surface area contributed by atoms with E-state index in [1.807, 2.05) is 13.1 Å². The average molecular weight is 1020 g/mol. The number of nitrogens with zero attached hydrogens (tertiary/aromatic N) is 2. The Hall–Kier alpha value is -5.03. The Kier molecular flexibility index (Phi) is 13.2. The number of carbonyl (C=O) groups is 1. The molecule has 4 aromatic carbocycles. The number of halogens is 4. The molecule has 0 unspecified atom stereocenters. The second-order valence-corrected chi connectivity index (χ2v) is 26.2. The number of anilines is 1. The maximum atomic E-state index is 16.4. The smallest absolute Gasteiger partial charge is 0.313 e. The average Bonchev–Trinajstić information content (AvgIpc) is 3.19. The molecule has 1 aliphatic carbocycles. The SMILES string of the molecule is CN(Cc1ccc(S(=O)(=O)O)cc1S(=O)(=O)O)c1ccc2c(c1)[Si](C)(C)C1=C/C(=[N+](/C)Cc3ccc(S(=O)(=O)O)cc3S(=O)(=O)O)C=CC1=C2c1c(F)c(F)c(SCC(=O)O)c(F)c1F. The third kappa shape index (κ3) is 9.77. The molecule has 0 radical (unpaired) electrons. The highest BCUT2D eigenvalue weighted by Crippen LogP contribution is 2.45. The minimum absolute atomic E-state index is 0.0227. The number of fused-ring (bicyclic) bond motifs is 2. The molecule has 0 bridgehead atoms. The Bertz CT molecular complexity index is 3330. The number of rotatable bonds is 13. The van der Waals surface area contributed by atoms with Gasteiger partial charge < -0.3 is 10.0 Å². The van der Waals surface area contributed by atoms with E-state index in [1.165, 1.54) is 47.9 Å². The van der Waals surface area contributed by atoms with E-state index >= 15 is 17.6 Å². The lowest BCUT2D eigenvalue weighted by molar-refractivity contribution is -0.512. The lowest BCUT2D eigenvalue weighted by Gasteiger charge is -2.38. The monoisotopic (exact) mass is 1020 g/mol. The molecule has 26 heteroatoms. The normalized spacial score (nSPS) is 15.9. The highest BCUT2D eigenvalue weighted by atomic mass is 32.2. The molecule has 5 N–H and O–H groups in total. The first-order chi connectivity index (χ1) is 29.8. The number of hydrogen-bond acceptors (Lipinski definition) is 11. The van der Waals surface area contributed by atoms with Crippen LogP contribution in [0.15, 0.2) is 108 Å². The first kappa shape index (κ1) is 49.4. The summed E-state index contributed by atoms with van der Waals surface area (Å²) in [6.07, 6.45) is 4.43. The van der Waals surface area contributed by atoms with E-state index in [9.17, 15) is 56.7 Å². The van der Waals surface area contributed by atoms with Crippen LogP contribution in [0.5, 0.6) is 0 Å². The fourth-order valence-electron chi connectivity index (χ4n) is 7.49. The summed E-state index contributed by atoms with van der Waals surface area (Å²) in [7, 11) is -20.2. The van der Waals surface area contributed by atoms with Crippen LogP contribution in [0.25, 0.3) is 5.57 Å². The lowest BCUT2D eigenvalue weighted by Crippen LogP contribution is -2.50. The molecule has 0 aromatic heterocycles. The lowest BCUT2D eigenvalue weighted by atomic mass is 9.88. The number of carboxylic acid groups (broad SMARTS) is 1. The quantitative estimate of drug-likeness (QED) is 0.0292. The van der Waals surface area contributed by atoms with Gasteiger partial charge in [-0.3, -0.25) is 23.0 Å². The van der Waals surface area contributed by atoms with Crippen molar-refractivity contribution in [2.24, 2.45) is 0 Å². The van der Waals surface area contributed by atoms with Crippen molar-refractivity contribution in [3.8, 4) is 0 Å². The van der Waals surface area contributed by atoms with Crippen molar-refractivity contribution in [3.05, 3.63) is 129 Å². The second-order valence-electron chi connectivity index (χ2n) is 15.3. The molecule has 0 amide bonds. The standard InChI is InChI=1S/C39H34F4N2O14S5Si/c1-44(17-20-5-9-24(61(48,49)50)15-28(20)63(54,55)56)22-7-11-26-30(13-22)65(3,4)31-14-23(45(2)18-21-6-10-25(62(51,52)53)16-29(21)64(57,58)59)8-12-27(31)33(26)34-35(40)37(42)39(38(43)36(34)41)60-19-32(46)47/h5-16H,17-19H2,1-4H3,(H4-,46,47,48,49,50,51,52,53,54,55,56,57,58,59)/p+1. The van der Waals surface area contributed by atoms with Crippen LogP contribution >= 0.6 is 11.8 Å². The number of benzene rings is 4. The maximum absolute atomic E-state index is 16.4. The molecule has 1 heterocycles. The van der Waals surface area contributed by atoms with Gasteiger partial charge in [0, 0.05) is 42.6 Å². The van der Waals surface area contributed by atoms with Crippen LogP contribution in [-0.4, -0.2) is 101 Å². The summed E-state index contributed by atoms with van der Waals surface area (Å²) in [5.41, 5.74) is -0.856. The number of allylic oxidation sites excluding steroid dienone is 5. The van der Waals surface area contributed by atoms with Crippen molar-refractivity contribution in [2.45, 2.75) is 50.7 Å². The Morgan fingerprint density at radius 3 is 1.75 bits per heavy atom. The van der Waals surface area contributed by atoms with Gasteiger partial charge >= 0.3 is 5.97 Å². The van der Waals surface area contributed by atoms with Crippen LogP contribution in [0.3, 0.4) is 0 Å². The predicted octanol–water partition coefficient (Wildman–Crippen LogP) is 5.09. The minimum atomic E-state index is -5.07. The predicted molar refractivity (Wildman–Crippen MR) is 231 cm³/mol. The molecular formula is C39H35F4N2O14S5Si+. The van der Waals surface area contributed by atoms with Gasteiger partial charge in [0.2, 0.25) is 0 Å². The van der Waals surface area contributed by atoms with Gasteiger partial charge in [0.15, 0.2) is 35.5 Å². The van der Waals surface area contributed by atoms with Gasteiger partial charge in [-0.2, -0.15) is 33.7 Å². The summed E-state index contributed by atoms with van der Waals surface area (Å²) in [6.45, 7) is 3.00. The number of hydrogen-bond donors (Lipinski definition) is 5. The van der Waals surface area contributed by atoms with Gasteiger partial charge in [0.25, 0.3) is 40.5 Å². The zero-order valence-corrected chi connectivity index (χ0v) is 39.0. The fourth-order valence-corrected chi connectivity index (χ4v) is 13.9. The van der Waals surface area contributed by atoms with Crippen molar-refractivity contribution in [3.63, 3.8) is 0 Å². The van der Waals surface area contributed by atoms with E-state index in [0.29, 0.717) is 33.9 Å². The Labute approximate surface area is 374 Å². The summed E-state index contributed by atoms with van der Waals surface area (Å²) in [6, 6.07) is 9.48. The second kappa shape index (κ2) is 17.3. The van der Waals surface area contributed by atoms with Crippen LogP contribution in [0.2, 0.25) is 13.1 Å². The molecule has 346 valence electrons. The molecule has 16 nitrogen and oxygen atoms in total. The molecule has 0 spiro atoms. The van der Waals surface area contributed by atoms with Crippen molar-refractivity contribution >= 4 is 88.4 Å². The van der Waals surface area contributed by atoms with Crippen LogP contribution < -0.4 is 10.1 Å². The van der Waals surface area contributed by atoms with Gasteiger partial charge in [0.05, 0.1) is 26.0 Å². The highest BCUT2D eigenvalue weighted by molar-refractivity contribution is 8.00. The Morgan fingerprint density at radius 2 is 1.25 bits per heavy atom. The van der Waals surface area contributed by atoms with Crippen LogP contribution in [0.1, 0.15) is 22.3 Å². The molecule has 65 heavy (non-hydrogen) atoms. The molecule has 0 saturated heterocycles. The van der Waals surface area contributed by atoms with Crippen molar-refractivity contribution in [2.75, 3.05) is 24.7 Å². The van der Waals surface area contributed by atoms with Gasteiger partial charge in [-0.05, 0) is 75.6 Å². The summed E-state index contributed by atoms with van der Waals surface area (Å²) >= 11 is 0.0227. The van der Waals surface area contributed by atoms with Crippen LogP contribution in [-0.2, 0) is 58.4 Å². The van der Waals surface area contributed by atoms with Gasteiger partial charge in [-0.1, -0.05) is 25.2 Å². The van der Waals surface area contributed by atoms with E-state index in [-0.39, 0.29) is 52.7 Å². The number of aliphatic carboxylic acids is 1. The van der Waals surface area contributed by atoms with Gasteiger partial charge in [-0.25, -0.2) is 22.1 Å². The molecular weight excluding hydrogens is 985 g/mol. The third-order valence-electron chi connectivity index (χ3n) is 10.6. The van der Waals surface area contributed by atoms with E-state index in [1.54, 1.807) is 12.1 Å². The van der Waals surface area contributed by atoms with E-state index < -0.39 is 114 Å². The first-order valence-electron chi connectivity index (χ1n) is 18.3. The van der Waals surface area contributed by atoms with Crippen molar-refractivity contribution in [1.29, 1.82) is 0 Å². The number of carboxylic acids is 1. The van der Waals surface area contributed by atoms with Gasteiger partial charge in [0.1, 0.15) is 24.9 Å².